The number of aryl methyl sites for hydroxylation is 1. The molecule has 0 radical (unpaired) electrons. The summed E-state index contributed by atoms with van der Waals surface area (Å²) < 4.78 is 40.8. The Bertz CT molecular complexity index is 1040. The molecule has 10 nitrogen and oxygen atoms in total. The summed E-state index contributed by atoms with van der Waals surface area (Å²) in [5.74, 6) is 0.457. The Balaban J connectivity index is 1.77. The molecule has 1 saturated heterocycles. The molecule has 1 aromatic carbocycles. The number of piperidine rings is 1. The molecule has 3 rings (SSSR count). The molecule has 0 bridgehead atoms. The molecule has 0 saturated carbocycles. The van der Waals surface area contributed by atoms with E-state index in [0.29, 0.717) is 25.3 Å². The zero-order valence-electron chi connectivity index (χ0n) is 18.9. The maximum Gasteiger partial charge on any atom is 0.273 e. The van der Waals surface area contributed by atoms with Gasteiger partial charge in [-0.3, -0.25) is 9.48 Å². The number of amides is 1. The molecular weight excluding hydrogens is 434 g/mol. The Morgan fingerprint density at radius 1 is 1.25 bits per heavy atom. The van der Waals surface area contributed by atoms with Gasteiger partial charge in [0.15, 0.2) is 5.69 Å². The average molecular weight is 466 g/mol. The van der Waals surface area contributed by atoms with Crippen molar-refractivity contribution in [2.75, 3.05) is 20.8 Å². The van der Waals surface area contributed by atoms with Gasteiger partial charge < -0.3 is 14.8 Å². The van der Waals surface area contributed by atoms with Gasteiger partial charge in [-0.2, -0.15) is 4.31 Å². The van der Waals surface area contributed by atoms with Crippen LogP contribution in [-0.4, -0.2) is 66.5 Å². The molecule has 1 aliphatic rings. The number of hydrogen-bond acceptors (Lipinski definition) is 7. The molecule has 1 fully saturated rings. The molecule has 1 N–H and O–H groups in total. The largest absolute Gasteiger partial charge is 0.497 e. The number of benzene rings is 1. The van der Waals surface area contributed by atoms with Crippen molar-refractivity contribution in [2.45, 2.75) is 63.1 Å². The van der Waals surface area contributed by atoms with E-state index in [4.69, 9.17) is 9.47 Å². The third-order valence-corrected chi connectivity index (χ3v) is 7.39. The summed E-state index contributed by atoms with van der Waals surface area (Å²) in [6.45, 7) is 4.64. The molecule has 1 amide bonds. The Kier molecular flexibility index (Phi) is 7.73. The lowest BCUT2D eigenvalue weighted by Crippen LogP contribution is -2.44. The summed E-state index contributed by atoms with van der Waals surface area (Å²) >= 11 is 0. The van der Waals surface area contributed by atoms with E-state index in [1.807, 2.05) is 13.8 Å². The van der Waals surface area contributed by atoms with Crippen LogP contribution in [0.25, 0.3) is 0 Å². The number of ether oxygens (including phenoxy) is 2. The van der Waals surface area contributed by atoms with Gasteiger partial charge in [-0.25, -0.2) is 8.42 Å². The van der Waals surface area contributed by atoms with Gasteiger partial charge >= 0.3 is 0 Å². The third kappa shape index (κ3) is 5.39. The van der Waals surface area contributed by atoms with Crippen LogP contribution < -0.4 is 14.8 Å². The highest BCUT2D eigenvalue weighted by Gasteiger charge is 2.35. The first-order valence-electron chi connectivity index (χ1n) is 10.7. The predicted molar refractivity (Wildman–Crippen MR) is 118 cm³/mol. The minimum Gasteiger partial charge on any atom is -0.497 e. The van der Waals surface area contributed by atoms with E-state index < -0.39 is 10.0 Å². The minimum atomic E-state index is -3.79. The smallest absolute Gasteiger partial charge is 0.273 e. The highest BCUT2D eigenvalue weighted by Crippen LogP contribution is 2.34. The van der Waals surface area contributed by atoms with E-state index in [1.165, 1.54) is 20.3 Å². The van der Waals surface area contributed by atoms with Crippen molar-refractivity contribution in [3.8, 4) is 11.5 Å². The number of rotatable bonds is 9. The first kappa shape index (κ1) is 24.0. The fraction of sp³-hybridized carbons (Fsp3) is 0.571. The van der Waals surface area contributed by atoms with Gasteiger partial charge in [0.05, 0.1) is 20.4 Å². The number of methoxy groups -OCH3 is 2. The topological polar surface area (TPSA) is 116 Å². The van der Waals surface area contributed by atoms with E-state index in [0.717, 1.165) is 19.3 Å². The second-order valence-electron chi connectivity index (χ2n) is 8.07. The molecule has 1 aliphatic heterocycles. The number of sulfonamides is 1. The summed E-state index contributed by atoms with van der Waals surface area (Å²) in [4.78, 5) is 12.2. The minimum absolute atomic E-state index is 0.00209. The summed E-state index contributed by atoms with van der Waals surface area (Å²) in [5, 5.41) is 10.7. The van der Waals surface area contributed by atoms with Gasteiger partial charge in [-0.15, -0.1) is 5.10 Å². The van der Waals surface area contributed by atoms with Crippen molar-refractivity contribution in [2.24, 2.45) is 0 Å². The van der Waals surface area contributed by atoms with Crippen LogP contribution in [0.2, 0.25) is 0 Å². The number of nitrogens with zero attached hydrogens (tertiary/aromatic N) is 4. The SMILES string of the molecule is COc1ccc(OC)c(S(=O)(=O)N2CCCCC2CCn2cc(C(=O)NC(C)C)nn2)c1. The van der Waals surface area contributed by atoms with E-state index in [2.05, 4.69) is 15.6 Å². The second kappa shape index (κ2) is 10.3. The van der Waals surface area contributed by atoms with Crippen LogP contribution in [0.15, 0.2) is 29.3 Å². The van der Waals surface area contributed by atoms with Crippen molar-refractivity contribution in [3.05, 3.63) is 30.1 Å². The Hall–Kier alpha value is -2.66. The standard InChI is InChI=1S/C21H31N5O5S/c1-15(2)22-21(27)18-14-25(24-23-18)12-10-16-7-5-6-11-26(16)32(28,29)20-13-17(30-3)8-9-19(20)31-4/h8-9,13-16H,5-7,10-12H2,1-4H3,(H,22,27). The van der Waals surface area contributed by atoms with Crippen LogP contribution in [0, 0.1) is 0 Å². The Labute approximate surface area is 188 Å². The molecule has 11 heteroatoms. The van der Waals surface area contributed by atoms with Crippen molar-refractivity contribution in [1.82, 2.24) is 24.6 Å². The lowest BCUT2D eigenvalue weighted by Gasteiger charge is -2.35. The van der Waals surface area contributed by atoms with Gasteiger partial charge in [-0.1, -0.05) is 11.6 Å². The lowest BCUT2D eigenvalue weighted by atomic mass is 10.0. The van der Waals surface area contributed by atoms with Crippen molar-refractivity contribution in [1.29, 1.82) is 0 Å². The first-order valence-corrected chi connectivity index (χ1v) is 12.1. The molecular formula is C21H31N5O5S. The monoisotopic (exact) mass is 465 g/mol. The fourth-order valence-electron chi connectivity index (χ4n) is 3.82. The quantitative estimate of drug-likeness (QED) is 0.603. The molecule has 0 aliphatic carbocycles. The van der Waals surface area contributed by atoms with Gasteiger partial charge in [-0.05, 0) is 45.2 Å². The van der Waals surface area contributed by atoms with Crippen molar-refractivity contribution >= 4 is 15.9 Å². The lowest BCUT2D eigenvalue weighted by molar-refractivity contribution is 0.0938. The molecule has 176 valence electrons. The summed E-state index contributed by atoms with van der Waals surface area (Å²) in [6, 6.07) is 4.58. The number of carbonyl (C=O) groups excluding carboxylic acids is 1. The van der Waals surface area contributed by atoms with Crippen LogP contribution in [0.3, 0.4) is 0 Å². The zero-order chi connectivity index (χ0) is 23.3. The summed E-state index contributed by atoms with van der Waals surface area (Å²) in [6.07, 6.45) is 4.64. The van der Waals surface area contributed by atoms with Gasteiger partial charge in [0, 0.05) is 31.2 Å². The summed E-state index contributed by atoms with van der Waals surface area (Å²) in [5.41, 5.74) is 0.243. The Morgan fingerprint density at radius 2 is 2.03 bits per heavy atom. The van der Waals surface area contributed by atoms with Crippen LogP contribution in [0.1, 0.15) is 50.0 Å². The molecule has 32 heavy (non-hydrogen) atoms. The maximum atomic E-state index is 13.6. The van der Waals surface area contributed by atoms with E-state index >= 15 is 0 Å². The number of carbonyl (C=O) groups is 1. The number of aromatic nitrogens is 3. The zero-order valence-corrected chi connectivity index (χ0v) is 19.8. The number of nitrogens with one attached hydrogen (secondary N) is 1. The highest BCUT2D eigenvalue weighted by atomic mass is 32.2. The molecule has 1 atom stereocenters. The van der Waals surface area contributed by atoms with E-state index in [-0.39, 0.29) is 34.3 Å². The second-order valence-corrected chi connectivity index (χ2v) is 9.92. The highest BCUT2D eigenvalue weighted by molar-refractivity contribution is 7.89. The van der Waals surface area contributed by atoms with Crippen LogP contribution >= 0.6 is 0 Å². The van der Waals surface area contributed by atoms with Crippen molar-refractivity contribution < 1.29 is 22.7 Å². The van der Waals surface area contributed by atoms with Crippen molar-refractivity contribution in [3.63, 3.8) is 0 Å². The van der Waals surface area contributed by atoms with Gasteiger partial charge in [0.2, 0.25) is 10.0 Å². The molecule has 0 spiro atoms. The van der Waals surface area contributed by atoms with Crippen LogP contribution in [0.5, 0.6) is 11.5 Å². The molecule has 2 aromatic rings. The van der Waals surface area contributed by atoms with Gasteiger partial charge in [0.25, 0.3) is 5.91 Å². The van der Waals surface area contributed by atoms with Crippen LogP contribution in [0.4, 0.5) is 0 Å². The molecule has 1 unspecified atom stereocenters. The maximum absolute atomic E-state index is 13.6. The fourth-order valence-corrected chi connectivity index (χ4v) is 5.72. The average Bonchev–Trinajstić information content (AvgIpc) is 3.26. The van der Waals surface area contributed by atoms with Crippen LogP contribution in [-0.2, 0) is 16.6 Å². The number of hydrogen-bond donors (Lipinski definition) is 1. The van der Waals surface area contributed by atoms with E-state index in [1.54, 1.807) is 27.3 Å². The molecule has 2 heterocycles. The van der Waals surface area contributed by atoms with Gasteiger partial charge in [0.1, 0.15) is 16.4 Å². The first-order chi connectivity index (χ1) is 15.3. The normalized spacial score (nSPS) is 17.3. The predicted octanol–water partition coefficient (Wildman–Crippen LogP) is 2.07. The summed E-state index contributed by atoms with van der Waals surface area (Å²) in [7, 11) is -0.847. The third-order valence-electron chi connectivity index (χ3n) is 5.41. The van der Waals surface area contributed by atoms with E-state index in [9.17, 15) is 13.2 Å². The molecule has 1 aromatic heterocycles. The Morgan fingerprint density at radius 3 is 2.72 bits per heavy atom.